The molecule has 2 heterocycles. The van der Waals surface area contributed by atoms with E-state index in [0.29, 0.717) is 37.5 Å². The molecule has 0 bridgehead atoms. The van der Waals surface area contributed by atoms with Gasteiger partial charge in [-0.2, -0.15) is 4.98 Å². The van der Waals surface area contributed by atoms with E-state index in [0.717, 1.165) is 21.7 Å². The van der Waals surface area contributed by atoms with Crippen LogP contribution in [0.5, 0.6) is 0 Å². The Bertz CT molecular complexity index is 871. The van der Waals surface area contributed by atoms with Crippen molar-refractivity contribution in [2.24, 2.45) is 0 Å². The van der Waals surface area contributed by atoms with E-state index in [1.165, 1.54) is 0 Å². The van der Waals surface area contributed by atoms with E-state index in [4.69, 9.17) is 4.52 Å². The molecular weight excluding hydrogens is 346 g/mol. The maximum Gasteiger partial charge on any atom is 0.226 e. The second-order valence-corrected chi connectivity index (χ2v) is 7.22. The maximum atomic E-state index is 12.7. The lowest BCUT2D eigenvalue weighted by Gasteiger charge is -2.23. The molecule has 136 valence electrons. The number of amides is 1. The largest absolute Gasteiger partial charge is 0.339 e. The highest BCUT2D eigenvalue weighted by atomic mass is 32.1. The number of thiophene rings is 1. The molecular formula is C20H23N3O2S. The molecule has 3 aromatic rings. The summed E-state index contributed by atoms with van der Waals surface area (Å²) in [6.07, 6.45) is 1.75. The van der Waals surface area contributed by atoms with Gasteiger partial charge in [0.1, 0.15) is 0 Å². The van der Waals surface area contributed by atoms with Gasteiger partial charge in [0, 0.05) is 25.1 Å². The molecule has 0 atom stereocenters. The van der Waals surface area contributed by atoms with Crippen LogP contribution in [0.3, 0.4) is 0 Å². The van der Waals surface area contributed by atoms with Gasteiger partial charge in [-0.1, -0.05) is 23.4 Å². The Hall–Kier alpha value is -2.47. The van der Waals surface area contributed by atoms with E-state index in [1.54, 1.807) is 11.3 Å². The number of aryl methyl sites for hydroxylation is 3. The smallest absolute Gasteiger partial charge is 0.226 e. The predicted molar refractivity (Wildman–Crippen MR) is 104 cm³/mol. The van der Waals surface area contributed by atoms with Gasteiger partial charge in [-0.05, 0) is 55.8 Å². The van der Waals surface area contributed by atoms with Crippen molar-refractivity contribution in [2.45, 2.75) is 40.0 Å². The lowest BCUT2D eigenvalue weighted by atomic mass is 10.1. The minimum Gasteiger partial charge on any atom is -0.339 e. The van der Waals surface area contributed by atoms with E-state index in [9.17, 15) is 4.79 Å². The second-order valence-electron chi connectivity index (χ2n) is 6.27. The fraction of sp³-hybridized carbons (Fsp3) is 0.350. The van der Waals surface area contributed by atoms with Crippen molar-refractivity contribution >= 4 is 22.9 Å². The van der Waals surface area contributed by atoms with Crippen LogP contribution < -0.4 is 4.90 Å². The molecule has 5 nitrogen and oxygen atoms in total. The number of hydrogen-bond acceptors (Lipinski definition) is 5. The Labute approximate surface area is 157 Å². The first kappa shape index (κ1) is 18.3. The first-order valence-electron chi connectivity index (χ1n) is 8.82. The predicted octanol–water partition coefficient (Wildman–Crippen LogP) is 4.79. The zero-order valence-electron chi connectivity index (χ0n) is 15.4. The van der Waals surface area contributed by atoms with Crippen LogP contribution in [-0.4, -0.2) is 22.6 Å². The molecule has 1 aromatic carbocycles. The number of carbonyl (C=O) groups is 1. The summed E-state index contributed by atoms with van der Waals surface area (Å²) in [5.74, 6) is 1.32. The summed E-state index contributed by atoms with van der Waals surface area (Å²) in [6, 6.07) is 10.1. The van der Waals surface area contributed by atoms with Crippen molar-refractivity contribution in [3.8, 4) is 10.7 Å². The third-order valence-corrected chi connectivity index (χ3v) is 5.13. The van der Waals surface area contributed by atoms with Gasteiger partial charge in [0.05, 0.1) is 4.88 Å². The highest BCUT2D eigenvalue weighted by molar-refractivity contribution is 7.13. The summed E-state index contributed by atoms with van der Waals surface area (Å²) in [4.78, 5) is 19.9. The molecule has 0 aliphatic rings. The summed E-state index contributed by atoms with van der Waals surface area (Å²) in [7, 11) is 0. The summed E-state index contributed by atoms with van der Waals surface area (Å²) in [5.41, 5.74) is 3.27. The normalized spacial score (nSPS) is 10.9. The SMILES string of the molecule is CCN(C(=O)CCCc1nc(-c2cccs2)no1)c1cc(C)ccc1C. The fourth-order valence-corrected chi connectivity index (χ4v) is 3.53. The molecule has 0 radical (unpaired) electrons. The second kappa shape index (κ2) is 8.27. The number of rotatable bonds is 7. The third kappa shape index (κ3) is 4.19. The monoisotopic (exact) mass is 369 g/mol. The minimum absolute atomic E-state index is 0.124. The standard InChI is InChI=1S/C20H23N3O2S/c1-4-23(16-13-14(2)10-11-15(16)3)19(24)9-5-8-18-21-20(22-25-18)17-7-6-12-26-17/h6-7,10-13H,4-5,8-9H2,1-3H3. The Morgan fingerprint density at radius 2 is 2.12 bits per heavy atom. The van der Waals surface area contributed by atoms with Crippen molar-refractivity contribution in [3.05, 3.63) is 52.7 Å². The molecule has 6 heteroatoms. The van der Waals surface area contributed by atoms with Crippen molar-refractivity contribution < 1.29 is 9.32 Å². The maximum absolute atomic E-state index is 12.7. The molecule has 1 amide bonds. The number of aromatic nitrogens is 2. The zero-order valence-corrected chi connectivity index (χ0v) is 16.2. The third-order valence-electron chi connectivity index (χ3n) is 4.26. The van der Waals surface area contributed by atoms with Crippen LogP contribution >= 0.6 is 11.3 Å². The molecule has 0 N–H and O–H groups in total. The number of benzene rings is 1. The molecule has 0 spiro atoms. The van der Waals surface area contributed by atoms with E-state index >= 15 is 0 Å². The van der Waals surface area contributed by atoms with E-state index in [-0.39, 0.29) is 5.91 Å². The summed E-state index contributed by atoms with van der Waals surface area (Å²) < 4.78 is 5.30. The van der Waals surface area contributed by atoms with Crippen LogP contribution in [0.1, 0.15) is 36.8 Å². The first-order chi connectivity index (χ1) is 12.6. The summed E-state index contributed by atoms with van der Waals surface area (Å²) in [6.45, 7) is 6.74. The highest BCUT2D eigenvalue weighted by Gasteiger charge is 2.16. The Balaban J connectivity index is 1.58. The molecule has 0 saturated heterocycles. The number of carbonyl (C=O) groups excluding carboxylic acids is 1. The van der Waals surface area contributed by atoms with Crippen molar-refractivity contribution in [2.75, 3.05) is 11.4 Å². The first-order valence-corrected chi connectivity index (χ1v) is 9.70. The molecule has 0 fully saturated rings. The quantitative estimate of drug-likeness (QED) is 0.601. The highest BCUT2D eigenvalue weighted by Crippen LogP contribution is 2.23. The van der Waals surface area contributed by atoms with E-state index in [1.807, 2.05) is 43.2 Å². The average Bonchev–Trinajstić information content (AvgIpc) is 3.30. The van der Waals surface area contributed by atoms with E-state index < -0.39 is 0 Å². The van der Waals surface area contributed by atoms with Gasteiger partial charge in [-0.25, -0.2) is 0 Å². The number of hydrogen-bond donors (Lipinski definition) is 0. The van der Waals surface area contributed by atoms with Gasteiger partial charge >= 0.3 is 0 Å². The summed E-state index contributed by atoms with van der Waals surface area (Å²) in [5, 5.41) is 5.99. The van der Waals surface area contributed by atoms with Crippen molar-refractivity contribution in [1.29, 1.82) is 0 Å². The molecule has 0 saturated carbocycles. The molecule has 3 rings (SSSR count). The van der Waals surface area contributed by atoms with Crippen LogP contribution in [0.25, 0.3) is 10.7 Å². The van der Waals surface area contributed by atoms with Crippen molar-refractivity contribution in [3.63, 3.8) is 0 Å². The molecule has 0 unspecified atom stereocenters. The van der Waals surface area contributed by atoms with Gasteiger partial charge in [0.15, 0.2) is 0 Å². The van der Waals surface area contributed by atoms with Crippen LogP contribution in [-0.2, 0) is 11.2 Å². The van der Waals surface area contributed by atoms with Gasteiger partial charge in [-0.3, -0.25) is 4.79 Å². The Morgan fingerprint density at radius 1 is 1.27 bits per heavy atom. The van der Waals surface area contributed by atoms with Crippen LogP contribution in [0, 0.1) is 13.8 Å². The topological polar surface area (TPSA) is 59.2 Å². The minimum atomic E-state index is 0.124. The summed E-state index contributed by atoms with van der Waals surface area (Å²) >= 11 is 1.58. The Kier molecular flexibility index (Phi) is 5.83. The van der Waals surface area contributed by atoms with Crippen LogP contribution in [0.15, 0.2) is 40.2 Å². The van der Waals surface area contributed by atoms with Crippen LogP contribution in [0.4, 0.5) is 5.69 Å². The Morgan fingerprint density at radius 3 is 2.85 bits per heavy atom. The molecule has 2 aromatic heterocycles. The lowest BCUT2D eigenvalue weighted by Crippen LogP contribution is -2.31. The van der Waals surface area contributed by atoms with Gasteiger partial charge < -0.3 is 9.42 Å². The van der Waals surface area contributed by atoms with E-state index in [2.05, 4.69) is 28.3 Å². The lowest BCUT2D eigenvalue weighted by molar-refractivity contribution is -0.118. The average molecular weight is 369 g/mol. The fourth-order valence-electron chi connectivity index (χ4n) is 2.88. The molecule has 26 heavy (non-hydrogen) atoms. The molecule has 0 aliphatic heterocycles. The van der Waals surface area contributed by atoms with Gasteiger partial charge in [0.2, 0.25) is 17.6 Å². The number of anilines is 1. The zero-order chi connectivity index (χ0) is 18.5. The van der Waals surface area contributed by atoms with Gasteiger partial charge in [-0.15, -0.1) is 11.3 Å². The molecule has 0 aliphatic carbocycles. The van der Waals surface area contributed by atoms with Gasteiger partial charge in [0.25, 0.3) is 0 Å². The van der Waals surface area contributed by atoms with Crippen LogP contribution in [0.2, 0.25) is 0 Å². The van der Waals surface area contributed by atoms with Crippen molar-refractivity contribution in [1.82, 2.24) is 10.1 Å². The number of nitrogens with zero attached hydrogens (tertiary/aromatic N) is 3.